The van der Waals surface area contributed by atoms with E-state index in [9.17, 15) is 0 Å². The van der Waals surface area contributed by atoms with Crippen molar-refractivity contribution in [2.75, 3.05) is 0 Å². The van der Waals surface area contributed by atoms with Gasteiger partial charge in [0.1, 0.15) is 0 Å². The van der Waals surface area contributed by atoms with E-state index in [2.05, 4.69) is 12.2 Å². The molecule has 1 saturated carbocycles. The van der Waals surface area contributed by atoms with Gasteiger partial charge in [-0.1, -0.05) is 43.0 Å². The molecular formula is C14H19Cl2N. The van der Waals surface area contributed by atoms with E-state index >= 15 is 0 Å². The lowest BCUT2D eigenvalue weighted by Crippen LogP contribution is -2.36. The van der Waals surface area contributed by atoms with Crippen molar-refractivity contribution in [2.24, 2.45) is 5.92 Å². The van der Waals surface area contributed by atoms with Gasteiger partial charge in [0, 0.05) is 22.6 Å². The minimum atomic E-state index is 0.624. The summed E-state index contributed by atoms with van der Waals surface area (Å²) in [6, 6.07) is 6.27. The fourth-order valence-electron chi connectivity index (χ4n) is 2.54. The van der Waals surface area contributed by atoms with E-state index in [4.69, 9.17) is 23.2 Å². The van der Waals surface area contributed by atoms with Crippen LogP contribution in [0.15, 0.2) is 18.2 Å². The average Bonchev–Trinajstić information content (AvgIpc) is 2.32. The summed E-state index contributed by atoms with van der Waals surface area (Å²) in [7, 11) is 0. The predicted octanol–water partition coefficient (Wildman–Crippen LogP) is 4.66. The molecule has 2 rings (SSSR count). The van der Waals surface area contributed by atoms with E-state index in [1.807, 2.05) is 18.2 Å². The van der Waals surface area contributed by atoms with Gasteiger partial charge in [-0.15, -0.1) is 0 Å². The van der Waals surface area contributed by atoms with Crippen LogP contribution in [0.5, 0.6) is 0 Å². The maximum atomic E-state index is 6.15. The van der Waals surface area contributed by atoms with Crippen LogP contribution in [0.1, 0.15) is 38.2 Å². The molecule has 1 aliphatic carbocycles. The molecule has 2 atom stereocenters. The smallest absolute Gasteiger partial charge is 0.0451 e. The SMILES string of the molecule is CC1CCCCC1NCc1cc(Cl)ccc1Cl. The zero-order chi connectivity index (χ0) is 12.3. The van der Waals surface area contributed by atoms with Gasteiger partial charge < -0.3 is 5.32 Å². The third kappa shape index (κ3) is 3.61. The van der Waals surface area contributed by atoms with Gasteiger partial charge >= 0.3 is 0 Å². The van der Waals surface area contributed by atoms with Crippen molar-refractivity contribution in [3.05, 3.63) is 33.8 Å². The van der Waals surface area contributed by atoms with Gasteiger partial charge in [-0.25, -0.2) is 0 Å². The first-order chi connectivity index (χ1) is 8.16. The standard InChI is InChI=1S/C14H19Cl2N/c1-10-4-2-3-5-14(10)17-9-11-8-12(15)6-7-13(11)16/h6-8,10,14,17H,2-5,9H2,1H3. The summed E-state index contributed by atoms with van der Waals surface area (Å²) in [6.07, 6.45) is 5.32. The Hall–Kier alpha value is -0.240. The minimum absolute atomic E-state index is 0.624. The van der Waals surface area contributed by atoms with Crippen LogP contribution in [0, 0.1) is 5.92 Å². The largest absolute Gasteiger partial charge is 0.310 e. The predicted molar refractivity (Wildman–Crippen MR) is 74.7 cm³/mol. The highest BCUT2D eigenvalue weighted by Gasteiger charge is 2.20. The van der Waals surface area contributed by atoms with Gasteiger partial charge in [-0.3, -0.25) is 0 Å². The molecule has 94 valence electrons. The van der Waals surface area contributed by atoms with Gasteiger partial charge in [0.05, 0.1) is 0 Å². The molecule has 1 aromatic carbocycles. The Kier molecular flexibility index (Phi) is 4.72. The molecule has 0 saturated heterocycles. The summed E-state index contributed by atoms with van der Waals surface area (Å²) in [5, 5.41) is 5.16. The summed E-state index contributed by atoms with van der Waals surface area (Å²) >= 11 is 12.1. The highest BCUT2D eigenvalue weighted by atomic mass is 35.5. The normalized spacial score (nSPS) is 24.9. The minimum Gasteiger partial charge on any atom is -0.310 e. The van der Waals surface area contributed by atoms with E-state index in [1.165, 1.54) is 25.7 Å². The van der Waals surface area contributed by atoms with Crippen LogP contribution < -0.4 is 5.32 Å². The lowest BCUT2D eigenvalue weighted by molar-refractivity contribution is 0.279. The van der Waals surface area contributed by atoms with Gasteiger partial charge in [-0.05, 0) is 42.5 Å². The topological polar surface area (TPSA) is 12.0 Å². The molecular weight excluding hydrogens is 253 g/mol. The summed E-state index contributed by atoms with van der Waals surface area (Å²) in [5.41, 5.74) is 1.09. The van der Waals surface area contributed by atoms with E-state index in [1.54, 1.807) is 0 Å². The second-order valence-corrected chi connectivity index (χ2v) is 5.83. The van der Waals surface area contributed by atoms with Crippen molar-refractivity contribution < 1.29 is 0 Å². The number of halogens is 2. The fraction of sp³-hybridized carbons (Fsp3) is 0.571. The number of hydrogen-bond acceptors (Lipinski definition) is 1. The summed E-state index contributed by atoms with van der Waals surface area (Å²) < 4.78 is 0. The molecule has 17 heavy (non-hydrogen) atoms. The second kappa shape index (κ2) is 6.08. The van der Waals surface area contributed by atoms with Crippen molar-refractivity contribution in [2.45, 2.75) is 45.2 Å². The van der Waals surface area contributed by atoms with Crippen molar-refractivity contribution in [3.8, 4) is 0 Å². The Morgan fingerprint density at radius 2 is 2.00 bits per heavy atom. The third-order valence-electron chi connectivity index (χ3n) is 3.67. The molecule has 3 heteroatoms. The van der Waals surface area contributed by atoms with E-state index in [-0.39, 0.29) is 0 Å². The van der Waals surface area contributed by atoms with Crippen molar-refractivity contribution in [1.29, 1.82) is 0 Å². The Bertz CT molecular complexity index is 378. The Balaban J connectivity index is 1.94. The first kappa shape index (κ1) is 13.2. The molecule has 1 fully saturated rings. The Labute approximate surface area is 114 Å². The molecule has 1 N–H and O–H groups in total. The zero-order valence-electron chi connectivity index (χ0n) is 10.2. The lowest BCUT2D eigenvalue weighted by Gasteiger charge is -2.29. The van der Waals surface area contributed by atoms with Crippen LogP contribution >= 0.6 is 23.2 Å². The highest BCUT2D eigenvalue weighted by molar-refractivity contribution is 6.33. The number of hydrogen-bond donors (Lipinski definition) is 1. The van der Waals surface area contributed by atoms with Crippen LogP contribution in [0.25, 0.3) is 0 Å². The van der Waals surface area contributed by atoms with Gasteiger partial charge in [0.25, 0.3) is 0 Å². The van der Waals surface area contributed by atoms with Crippen molar-refractivity contribution in [3.63, 3.8) is 0 Å². The molecule has 1 aromatic rings. The van der Waals surface area contributed by atoms with E-state index < -0.39 is 0 Å². The van der Waals surface area contributed by atoms with E-state index in [0.29, 0.717) is 6.04 Å². The lowest BCUT2D eigenvalue weighted by atomic mass is 9.86. The molecule has 0 spiro atoms. The maximum Gasteiger partial charge on any atom is 0.0451 e. The highest BCUT2D eigenvalue weighted by Crippen LogP contribution is 2.25. The molecule has 0 bridgehead atoms. The fourth-order valence-corrected chi connectivity index (χ4v) is 2.92. The Morgan fingerprint density at radius 3 is 2.76 bits per heavy atom. The van der Waals surface area contributed by atoms with Crippen molar-refractivity contribution in [1.82, 2.24) is 5.32 Å². The maximum absolute atomic E-state index is 6.15. The molecule has 1 aliphatic rings. The quantitative estimate of drug-likeness (QED) is 0.843. The van der Waals surface area contributed by atoms with Crippen LogP contribution in [0.4, 0.5) is 0 Å². The second-order valence-electron chi connectivity index (χ2n) is 4.98. The number of nitrogens with one attached hydrogen (secondary N) is 1. The zero-order valence-corrected chi connectivity index (χ0v) is 11.7. The third-order valence-corrected chi connectivity index (χ3v) is 4.28. The van der Waals surface area contributed by atoms with Gasteiger partial charge in [0.15, 0.2) is 0 Å². The molecule has 2 unspecified atom stereocenters. The summed E-state index contributed by atoms with van der Waals surface area (Å²) in [6.45, 7) is 3.14. The van der Waals surface area contributed by atoms with Gasteiger partial charge in [0.2, 0.25) is 0 Å². The first-order valence-corrected chi connectivity index (χ1v) is 7.09. The van der Waals surface area contributed by atoms with Crippen LogP contribution in [-0.2, 0) is 6.54 Å². The monoisotopic (exact) mass is 271 g/mol. The average molecular weight is 272 g/mol. The number of rotatable bonds is 3. The van der Waals surface area contributed by atoms with Crippen LogP contribution in [0.3, 0.4) is 0 Å². The molecule has 0 aromatic heterocycles. The van der Waals surface area contributed by atoms with Crippen LogP contribution in [0.2, 0.25) is 10.0 Å². The molecule has 0 aliphatic heterocycles. The molecule has 0 amide bonds. The molecule has 1 nitrogen and oxygen atoms in total. The first-order valence-electron chi connectivity index (χ1n) is 6.34. The molecule has 0 radical (unpaired) electrons. The van der Waals surface area contributed by atoms with Crippen molar-refractivity contribution >= 4 is 23.2 Å². The van der Waals surface area contributed by atoms with Crippen LogP contribution in [-0.4, -0.2) is 6.04 Å². The van der Waals surface area contributed by atoms with E-state index in [0.717, 1.165) is 28.1 Å². The Morgan fingerprint density at radius 1 is 1.24 bits per heavy atom. The summed E-state index contributed by atoms with van der Waals surface area (Å²) in [5.74, 6) is 0.765. The molecule has 0 heterocycles. The number of benzene rings is 1. The van der Waals surface area contributed by atoms with Gasteiger partial charge in [-0.2, -0.15) is 0 Å². The summed E-state index contributed by atoms with van der Waals surface area (Å²) in [4.78, 5) is 0.